The van der Waals surface area contributed by atoms with Crippen LogP contribution in [0.4, 0.5) is 10.1 Å². The molecule has 0 saturated carbocycles. The lowest BCUT2D eigenvalue weighted by molar-refractivity contribution is -0.387. The molecule has 0 heterocycles. The molecule has 5 nitrogen and oxygen atoms in total. The van der Waals surface area contributed by atoms with Gasteiger partial charge in [-0.25, -0.2) is 4.79 Å². The lowest BCUT2D eigenvalue weighted by atomic mass is 10.2. The summed E-state index contributed by atoms with van der Waals surface area (Å²) in [5, 5.41) is 10.5. The first-order valence-corrected chi connectivity index (χ1v) is 5.35. The lowest BCUT2D eigenvalue weighted by Crippen LogP contribution is -2.08. The Bertz CT molecular complexity index is 449. The molecule has 0 aliphatic heterocycles. The molecule has 86 valence electrons. The Kier molecular flexibility index (Phi) is 4.16. The zero-order chi connectivity index (χ0) is 12.3. The van der Waals surface area contributed by atoms with E-state index in [-0.39, 0.29) is 15.7 Å². The third-order valence-corrected chi connectivity index (χ3v) is 2.62. The molecule has 0 amide bonds. The van der Waals surface area contributed by atoms with Gasteiger partial charge in [0.15, 0.2) is 0 Å². The third kappa shape index (κ3) is 2.65. The van der Waals surface area contributed by atoms with E-state index in [0.717, 1.165) is 12.1 Å². The Hall–Kier alpha value is -1.25. The normalized spacial score (nSPS) is 9.94. The van der Waals surface area contributed by atoms with Gasteiger partial charge in [0.2, 0.25) is 5.82 Å². The number of esters is 1. The second kappa shape index (κ2) is 5.19. The van der Waals surface area contributed by atoms with Crippen molar-refractivity contribution >= 4 is 34.2 Å². The van der Waals surface area contributed by atoms with Crippen molar-refractivity contribution in [3.05, 3.63) is 37.2 Å². The Balaban J connectivity index is 3.24. The molecule has 0 aromatic heterocycles. The van der Waals surface area contributed by atoms with Gasteiger partial charge in [-0.05, 0) is 35.6 Å². The summed E-state index contributed by atoms with van der Waals surface area (Å²) in [6.07, 6.45) is 0. The van der Waals surface area contributed by atoms with Gasteiger partial charge in [0.05, 0.1) is 17.1 Å². The van der Waals surface area contributed by atoms with Gasteiger partial charge >= 0.3 is 11.7 Å². The lowest BCUT2D eigenvalue weighted by Gasteiger charge is -2.04. The van der Waals surface area contributed by atoms with Crippen molar-refractivity contribution < 1.29 is 18.8 Å². The fraction of sp³-hybridized carbons (Fsp3) is 0.222. The number of nitro benzene ring substituents is 1. The van der Waals surface area contributed by atoms with Crippen LogP contribution in [0.5, 0.6) is 0 Å². The first-order chi connectivity index (χ1) is 7.47. The van der Waals surface area contributed by atoms with Gasteiger partial charge < -0.3 is 4.74 Å². The van der Waals surface area contributed by atoms with Crippen molar-refractivity contribution in [2.75, 3.05) is 6.61 Å². The van der Waals surface area contributed by atoms with Crippen molar-refractivity contribution in [3.63, 3.8) is 0 Å². The molecule has 0 aliphatic rings. The van der Waals surface area contributed by atoms with Gasteiger partial charge in [0, 0.05) is 9.64 Å². The van der Waals surface area contributed by atoms with Crippen LogP contribution in [0.3, 0.4) is 0 Å². The number of nitro groups is 1. The van der Waals surface area contributed by atoms with E-state index in [4.69, 9.17) is 4.74 Å². The Morgan fingerprint density at radius 1 is 1.62 bits per heavy atom. The summed E-state index contributed by atoms with van der Waals surface area (Å²) in [5.74, 6) is -1.67. The molecule has 0 saturated heterocycles. The second-order valence-electron chi connectivity index (χ2n) is 2.76. The molecule has 0 radical (unpaired) electrons. The fourth-order valence-corrected chi connectivity index (χ4v) is 1.69. The molecule has 0 aliphatic carbocycles. The van der Waals surface area contributed by atoms with Gasteiger partial charge in [-0.15, -0.1) is 0 Å². The van der Waals surface area contributed by atoms with Crippen molar-refractivity contribution in [3.8, 4) is 0 Å². The molecule has 0 fully saturated rings. The van der Waals surface area contributed by atoms with Gasteiger partial charge in [-0.2, -0.15) is 4.39 Å². The third-order valence-electron chi connectivity index (χ3n) is 1.73. The van der Waals surface area contributed by atoms with E-state index in [1.54, 1.807) is 29.5 Å². The topological polar surface area (TPSA) is 69.4 Å². The molecule has 0 spiro atoms. The van der Waals surface area contributed by atoms with E-state index in [1.807, 2.05) is 0 Å². The number of hydrogen-bond acceptors (Lipinski definition) is 4. The molecule has 16 heavy (non-hydrogen) atoms. The van der Waals surface area contributed by atoms with E-state index in [0.29, 0.717) is 0 Å². The smallest absolute Gasteiger partial charge is 0.339 e. The summed E-state index contributed by atoms with van der Waals surface area (Å²) in [4.78, 5) is 21.0. The van der Waals surface area contributed by atoms with E-state index in [2.05, 4.69) is 0 Å². The predicted molar refractivity (Wildman–Crippen MR) is 61.7 cm³/mol. The van der Waals surface area contributed by atoms with Crippen LogP contribution < -0.4 is 0 Å². The number of carbonyl (C=O) groups is 1. The second-order valence-corrected chi connectivity index (χ2v) is 3.92. The number of benzene rings is 1. The van der Waals surface area contributed by atoms with Gasteiger partial charge in [0.25, 0.3) is 0 Å². The summed E-state index contributed by atoms with van der Waals surface area (Å²) in [5.41, 5.74) is -0.737. The quantitative estimate of drug-likeness (QED) is 0.367. The molecular formula is C9H7FINO4. The van der Waals surface area contributed by atoms with Crippen LogP contribution in [-0.4, -0.2) is 17.5 Å². The highest BCUT2D eigenvalue weighted by Crippen LogP contribution is 2.24. The van der Waals surface area contributed by atoms with Crippen LogP contribution in [0.1, 0.15) is 17.3 Å². The van der Waals surface area contributed by atoms with Crippen LogP contribution in [0.2, 0.25) is 0 Å². The molecule has 0 unspecified atom stereocenters. The minimum atomic E-state index is -0.970. The zero-order valence-electron chi connectivity index (χ0n) is 8.20. The average Bonchev–Trinajstić information content (AvgIpc) is 2.17. The number of halogens is 2. The predicted octanol–water partition coefficient (Wildman–Crippen LogP) is 2.52. The maximum atomic E-state index is 13.1. The number of hydrogen-bond donors (Lipinski definition) is 0. The molecule has 0 atom stereocenters. The highest BCUT2D eigenvalue weighted by Gasteiger charge is 2.21. The Morgan fingerprint density at radius 3 is 2.75 bits per heavy atom. The summed E-state index contributed by atoms with van der Waals surface area (Å²) < 4.78 is 18.1. The molecule has 1 aromatic carbocycles. The van der Waals surface area contributed by atoms with Crippen molar-refractivity contribution in [1.29, 1.82) is 0 Å². The number of rotatable bonds is 3. The molecule has 7 heteroatoms. The van der Waals surface area contributed by atoms with E-state index < -0.39 is 22.4 Å². The molecule has 1 aromatic rings. The van der Waals surface area contributed by atoms with Crippen LogP contribution >= 0.6 is 22.6 Å². The van der Waals surface area contributed by atoms with Crippen molar-refractivity contribution in [2.24, 2.45) is 0 Å². The first kappa shape index (κ1) is 12.8. The maximum absolute atomic E-state index is 13.1. The maximum Gasteiger partial charge on any atom is 0.339 e. The summed E-state index contributed by atoms with van der Waals surface area (Å²) in [6.45, 7) is 1.77. The van der Waals surface area contributed by atoms with Gasteiger partial charge in [-0.1, -0.05) is 0 Å². The van der Waals surface area contributed by atoms with E-state index >= 15 is 0 Å². The molecule has 0 bridgehead atoms. The average molecular weight is 339 g/mol. The monoisotopic (exact) mass is 339 g/mol. The van der Waals surface area contributed by atoms with Crippen LogP contribution in [0, 0.1) is 19.5 Å². The molecular weight excluding hydrogens is 332 g/mol. The number of carbonyl (C=O) groups excluding carboxylic acids is 1. The summed E-state index contributed by atoms with van der Waals surface area (Å²) in [7, 11) is 0. The Morgan fingerprint density at radius 2 is 2.25 bits per heavy atom. The minimum absolute atomic E-state index is 0.00412. The highest BCUT2D eigenvalue weighted by molar-refractivity contribution is 14.1. The van der Waals surface area contributed by atoms with Crippen molar-refractivity contribution in [1.82, 2.24) is 0 Å². The van der Waals surface area contributed by atoms with E-state index in [9.17, 15) is 19.3 Å². The Labute approximate surface area is 104 Å². The van der Waals surface area contributed by atoms with Crippen molar-refractivity contribution in [2.45, 2.75) is 6.92 Å². The first-order valence-electron chi connectivity index (χ1n) is 4.28. The van der Waals surface area contributed by atoms with Gasteiger partial charge in [0.1, 0.15) is 0 Å². The van der Waals surface area contributed by atoms with Crippen LogP contribution in [0.25, 0.3) is 0 Å². The minimum Gasteiger partial charge on any atom is -0.462 e. The number of nitrogens with zero attached hydrogens (tertiary/aromatic N) is 1. The highest BCUT2D eigenvalue weighted by atomic mass is 127. The summed E-state index contributed by atoms with van der Waals surface area (Å²) >= 11 is 1.72. The van der Waals surface area contributed by atoms with Gasteiger partial charge in [-0.3, -0.25) is 10.1 Å². The largest absolute Gasteiger partial charge is 0.462 e. The molecule has 1 rings (SSSR count). The standard InChI is InChI=1S/C9H7FINO4/c1-2-16-9(13)5-3-8(12(14)15)6(10)4-7(5)11/h3-4H,2H2,1H3. The summed E-state index contributed by atoms with van der Waals surface area (Å²) in [6, 6.07) is 1.82. The van der Waals surface area contributed by atoms with Crippen LogP contribution in [0.15, 0.2) is 12.1 Å². The number of ether oxygens (including phenoxy) is 1. The zero-order valence-corrected chi connectivity index (χ0v) is 10.4. The molecule has 0 N–H and O–H groups in total. The van der Waals surface area contributed by atoms with E-state index in [1.165, 1.54) is 0 Å². The van der Waals surface area contributed by atoms with Crippen LogP contribution in [-0.2, 0) is 4.74 Å². The fourth-order valence-electron chi connectivity index (χ4n) is 1.04. The SMILES string of the molecule is CCOC(=O)c1cc([N+](=O)[O-])c(F)cc1I.